The average molecular weight is 261 g/mol. The first-order chi connectivity index (χ1) is 9.29. The summed E-state index contributed by atoms with van der Waals surface area (Å²) < 4.78 is 4.64. The summed E-state index contributed by atoms with van der Waals surface area (Å²) in [5.41, 5.74) is 0.270. The van der Waals surface area contributed by atoms with Crippen molar-refractivity contribution in [2.75, 3.05) is 18.6 Å². The lowest BCUT2D eigenvalue weighted by Crippen LogP contribution is -2.43. The molecule has 0 aromatic carbocycles. The molecule has 2 heterocycles. The van der Waals surface area contributed by atoms with Gasteiger partial charge in [0, 0.05) is 12.6 Å². The van der Waals surface area contributed by atoms with Crippen LogP contribution in [0.3, 0.4) is 0 Å². The summed E-state index contributed by atoms with van der Waals surface area (Å²) in [6, 6.07) is 0.618. The second kappa shape index (κ2) is 5.15. The van der Waals surface area contributed by atoms with Crippen molar-refractivity contribution in [2.24, 2.45) is 5.92 Å². The second-order valence-electron chi connectivity index (χ2n) is 5.35. The van der Waals surface area contributed by atoms with E-state index in [2.05, 4.69) is 19.6 Å². The van der Waals surface area contributed by atoms with Crippen LogP contribution in [0.2, 0.25) is 0 Å². The van der Waals surface area contributed by atoms with Gasteiger partial charge in [0.2, 0.25) is 0 Å². The number of hydrogen-bond acceptors (Lipinski definition) is 5. The Balaban J connectivity index is 1.79. The molecule has 0 spiro atoms. The second-order valence-corrected chi connectivity index (χ2v) is 5.35. The molecule has 2 aliphatic rings. The van der Waals surface area contributed by atoms with Crippen LogP contribution in [-0.2, 0) is 4.74 Å². The van der Waals surface area contributed by atoms with E-state index in [4.69, 9.17) is 0 Å². The van der Waals surface area contributed by atoms with E-state index in [9.17, 15) is 4.79 Å². The largest absolute Gasteiger partial charge is 0.464 e. The Hall–Kier alpha value is -1.65. The van der Waals surface area contributed by atoms with Crippen molar-refractivity contribution in [1.29, 1.82) is 0 Å². The van der Waals surface area contributed by atoms with Gasteiger partial charge in [-0.3, -0.25) is 0 Å². The molecule has 1 saturated carbocycles. The Morgan fingerprint density at radius 3 is 2.84 bits per heavy atom. The molecule has 1 aromatic rings. The van der Waals surface area contributed by atoms with Gasteiger partial charge in [-0.05, 0) is 31.6 Å². The molecule has 1 aliphatic carbocycles. The summed E-state index contributed by atoms with van der Waals surface area (Å²) in [5, 5.41) is 0. The first-order valence-electron chi connectivity index (χ1n) is 6.96. The Morgan fingerprint density at radius 2 is 2.11 bits per heavy atom. The van der Waals surface area contributed by atoms with Crippen molar-refractivity contribution >= 4 is 11.8 Å². The van der Waals surface area contributed by atoms with Crippen LogP contribution >= 0.6 is 0 Å². The van der Waals surface area contributed by atoms with Crippen LogP contribution < -0.4 is 4.90 Å². The number of carbonyl (C=O) groups is 1. The number of hydrogen-bond donors (Lipinski definition) is 0. The maximum Gasteiger partial charge on any atom is 0.358 e. The van der Waals surface area contributed by atoms with E-state index in [1.165, 1.54) is 45.4 Å². The molecule has 2 atom stereocenters. The molecular formula is C14H19N3O2. The highest BCUT2D eigenvalue weighted by Crippen LogP contribution is 2.38. The van der Waals surface area contributed by atoms with E-state index in [-0.39, 0.29) is 5.69 Å². The fourth-order valence-corrected chi connectivity index (χ4v) is 3.42. The zero-order valence-corrected chi connectivity index (χ0v) is 11.2. The minimum absolute atomic E-state index is 0.270. The topological polar surface area (TPSA) is 55.3 Å². The number of nitrogens with zero attached hydrogens (tertiary/aromatic N) is 3. The summed E-state index contributed by atoms with van der Waals surface area (Å²) in [5.74, 6) is 1.27. The van der Waals surface area contributed by atoms with Crippen molar-refractivity contribution in [3.05, 3.63) is 18.1 Å². The van der Waals surface area contributed by atoms with E-state index < -0.39 is 5.97 Å². The van der Waals surface area contributed by atoms with Crippen molar-refractivity contribution < 1.29 is 9.53 Å². The molecule has 5 nitrogen and oxygen atoms in total. The van der Waals surface area contributed by atoms with Gasteiger partial charge in [-0.25, -0.2) is 14.8 Å². The van der Waals surface area contributed by atoms with Gasteiger partial charge in [0.25, 0.3) is 0 Å². The smallest absolute Gasteiger partial charge is 0.358 e. The van der Waals surface area contributed by atoms with Crippen LogP contribution in [0.5, 0.6) is 0 Å². The lowest BCUT2D eigenvalue weighted by Gasteiger charge is -2.38. The van der Waals surface area contributed by atoms with Gasteiger partial charge in [-0.1, -0.05) is 6.42 Å². The Labute approximate surface area is 113 Å². The first-order valence-corrected chi connectivity index (χ1v) is 6.96. The Morgan fingerprint density at radius 1 is 1.26 bits per heavy atom. The van der Waals surface area contributed by atoms with Gasteiger partial charge >= 0.3 is 5.97 Å². The standard InChI is InChI=1S/C14H19N3O2/c1-19-14(18)11-8-16-13(9-15-11)17-7-3-5-10-4-2-6-12(10)17/h8-10,12H,2-7H2,1H3. The number of anilines is 1. The highest BCUT2D eigenvalue weighted by molar-refractivity contribution is 5.86. The first kappa shape index (κ1) is 12.4. The highest BCUT2D eigenvalue weighted by Gasteiger charge is 2.35. The van der Waals surface area contributed by atoms with E-state index >= 15 is 0 Å². The number of aromatic nitrogens is 2. The molecule has 1 aromatic heterocycles. The van der Waals surface area contributed by atoms with Gasteiger partial charge in [-0.2, -0.15) is 0 Å². The van der Waals surface area contributed by atoms with Crippen LogP contribution in [0, 0.1) is 5.92 Å². The van der Waals surface area contributed by atoms with Crippen molar-refractivity contribution in [3.63, 3.8) is 0 Å². The third-order valence-corrected chi connectivity index (χ3v) is 4.32. The molecule has 5 heteroatoms. The Kier molecular flexibility index (Phi) is 3.36. The molecule has 0 amide bonds. The predicted octanol–water partition coefficient (Wildman–Crippen LogP) is 2.03. The minimum atomic E-state index is -0.434. The molecule has 1 aliphatic heterocycles. The van der Waals surface area contributed by atoms with Gasteiger partial charge in [-0.15, -0.1) is 0 Å². The maximum absolute atomic E-state index is 11.3. The van der Waals surface area contributed by atoms with Crippen molar-refractivity contribution in [2.45, 2.75) is 38.1 Å². The van der Waals surface area contributed by atoms with Gasteiger partial charge in [0.05, 0.1) is 19.5 Å². The van der Waals surface area contributed by atoms with Crippen molar-refractivity contribution in [1.82, 2.24) is 9.97 Å². The summed E-state index contributed by atoms with van der Waals surface area (Å²) >= 11 is 0. The van der Waals surface area contributed by atoms with Crippen LogP contribution in [-0.4, -0.2) is 35.6 Å². The minimum Gasteiger partial charge on any atom is -0.464 e. The lowest BCUT2D eigenvalue weighted by molar-refractivity contribution is 0.0593. The number of esters is 1. The number of fused-ring (bicyclic) bond motifs is 1. The predicted molar refractivity (Wildman–Crippen MR) is 71.1 cm³/mol. The molecule has 2 unspecified atom stereocenters. The molecule has 0 bridgehead atoms. The maximum atomic E-state index is 11.3. The number of methoxy groups -OCH3 is 1. The quantitative estimate of drug-likeness (QED) is 0.762. The van der Waals surface area contributed by atoms with Gasteiger partial charge < -0.3 is 9.64 Å². The molecule has 0 radical (unpaired) electrons. The van der Waals surface area contributed by atoms with E-state index in [0.717, 1.165) is 18.3 Å². The number of rotatable bonds is 2. The molecule has 2 fully saturated rings. The van der Waals surface area contributed by atoms with Crippen LogP contribution in [0.1, 0.15) is 42.6 Å². The SMILES string of the molecule is COC(=O)c1cnc(N2CCCC3CCCC32)cn1. The van der Waals surface area contributed by atoms with E-state index in [0.29, 0.717) is 6.04 Å². The fourth-order valence-electron chi connectivity index (χ4n) is 3.42. The van der Waals surface area contributed by atoms with E-state index in [1.54, 1.807) is 6.20 Å². The molecule has 102 valence electrons. The molecule has 1 saturated heterocycles. The Bertz CT molecular complexity index is 460. The highest BCUT2D eigenvalue weighted by atomic mass is 16.5. The monoisotopic (exact) mass is 261 g/mol. The van der Waals surface area contributed by atoms with E-state index in [1.807, 2.05) is 0 Å². The third kappa shape index (κ3) is 2.29. The zero-order chi connectivity index (χ0) is 13.2. The molecule has 19 heavy (non-hydrogen) atoms. The number of ether oxygens (including phenoxy) is 1. The molecule has 0 N–H and O–H groups in total. The fraction of sp³-hybridized carbons (Fsp3) is 0.643. The van der Waals surface area contributed by atoms with Gasteiger partial charge in [0.15, 0.2) is 5.69 Å². The summed E-state index contributed by atoms with van der Waals surface area (Å²) in [7, 11) is 1.35. The van der Waals surface area contributed by atoms with Crippen LogP contribution in [0.4, 0.5) is 5.82 Å². The lowest BCUT2D eigenvalue weighted by atomic mass is 9.92. The van der Waals surface area contributed by atoms with Crippen molar-refractivity contribution in [3.8, 4) is 0 Å². The summed E-state index contributed by atoms with van der Waals surface area (Å²) in [6.07, 6.45) is 9.70. The zero-order valence-electron chi connectivity index (χ0n) is 11.2. The average Bonchev–Trinajstić information content (AvgIpc) is 2.95. The molecular weight excluding hydrogens is 242 g/mol. The third-order valence-electron chi connectivity index (χ3n) is 4.32. The van der Waals surface area contributed by atoms with Crippen LogP contribution in [0.15, 0.2) is 12.4 Å². The van der Waals surface area contributed by atoms with Gasteiger partial charge in [0.1, 0.15) is 5.82 Å². The summed E-state index contributed by atoms with van der Waals surface area (Å²) in [4.78, 5) is 22.3. The molecule has 3 rings (SSSR count). The summed E-state index contributed by atoms with van der Waals surface area (Å²) in [6.45, 7) is 1.05. The number of carbonyl (C=O) groups excluding carboxylic acids is 1. The normalized spacial score (nSPS) is 26.1. The number of piperidine rings is 1. The van der Waals surface area contributed by atoms with Crippen LogP contribution in [0.25, 0.3) is 0 Å².